The molecule has 1 aromatic heterocycles. The van der Waals surface area contributed by atoms with Crippen LogP contribution in [0.4, 0.5) is 10.8 Å². The fraction of sp³-hybridized carbons (Fsp3) is 0.160. The molecule has 0 aliphatic carbocycles. The molecule has 1 aliphatic heterocycles. The van der Waals surface area contributed by atoms with Crippen molar-refractivity contribution in [1.29, 1.82) is 0 Å². The number of hydrogen-bond acceptors (Lipinski definition) is 9. The van der Waals surface area contributed by atoms with Crippen molar-refractivity contribution in [3.8, 4) is 11.5 Å². The van der Waals surface area contributed by atoms with Crippen molar-refractivity contribution in [3.05, 3.63) is 83.4 Å². The molecule has 13 heteroatoms. The first kappa shape index (κ1) is 26.3. The van der Waals surface area contributed by atoms with E-state index in [1.807, 2.05) is 30.3 Å². The second kappa shape index (κ2) is 11.2. The quantitative estimate of drug-likeness (QED) is 0.224. The summed E-state index contributed by atoms with van der Waals surface area (Å²) in [5.41, 5.74) is 1.39. The number of nitrogens with zero attached hydrogens (tertiary/aromatic N) is 3. The molecule has 1 amide bonds. The van der Waals surface area contributed by atoms with Gasteiger partial charge < -0.3 is 9.47 Å². The Morgan fingerprint density at radius 1 is 1.16 bits per heavy atom. The number of hydrogen-bond donors (Lipinski definition) is 1. The fourth-order valence-electron chi connectivity index (χ4n) is 3.69. The molecule has 0 bridgehead atoms. The Kier molecular flexibility index (Phi) is 7.75. The molecule has 3 aromatic carbocycles. The molecule has 5 rings (SSSR count). The summed E-state index contributed by atoms with van der Waals surface area (Å²) in [5.74, 6) is 0.905. The third kappa shape index (κ3) is 5.73. The predicted octanol–water partition coefficient (Wildman–Crippen LogP) is 5.09. The van der Waals surface area contributed by atoms with Crippen LogP contribution in [0.25, 0.3) is 0 Å². The number of sulfonamides is 1. The first-order valence-corrected chi connectivity index (χ1v) is 14.9. The number of halogens is 1. The lowest BCUT2D eigenvalue weighted by molar-refractivity contribution is -0.122. The van der Waals surface area contributed by atoms with Gasteiger partial charge in [-0.2, -0.15) is 0 Å². The van der Waals surface area contributed by atoms with Gasteiger partial charge >= 0.3 is 0 Å². The highest BCUT2D eigenvalue weighted by Gasteiger charge is 2.38. The number of methoxy groups -OCH3 is 1. The van der Waals surface area contributed by atoms with Crippen molar-refractivity contribution >= 4 is 61.4 Å². The van der Waals surface area contributed by atoms with Crippen molar-refractivity contribution in [2.45, 2.75) is 21.1 Å². The standard InChI is InChI=1S/C25H21ClN4O5S3/c1-34-18-8-10-19(11-9-18)38(32,33)30-14-22(35-21-12-7-17(26)13-20(21)30)23(31)27-24-28-29-25(37-24)36-15-16-5-3-2-4-6-16/h2-13,22H,14-15H2,1H3,(H,27,28,31)/t22-/m1/s1. The van der Waals surface area contributed by atoms with Crippen LogP contribution >= 0.6 is 34.7 Å². The molecule has 1 atom stereocenters. The third-order valence-corrected chi connectivity index (χ3v) is 9.64. The Hall–Kier alpha value is -3.32. The average molecular weight is 589 g/mol. The number of amides is 1. The SMILES string of the molecule is COc1ccc(S(=O)(=O)N2C[C@H](C(=O)Nc3nnc(SCc4ccccc4)s3)Oc3ccc(Cl)cc32)cc1. The minimum Gasteiger partial charge on any atom is -0.497 e. The Labute approximate surface area is 232 Å². The maximum Gasteiger partial charge on any atom is 0.269 e. The summed E-state index contributed by atoms with van der Waals surface area (Å²) in [6.45, 7) is -0.262. The molecule has 9 nitrogen and oxygen atoms in total. The number of nitrogens with one attached hydrogen (secondary N) is 1. The molecule has 1 N–H and O–H groups in total. The second-order valence-electron chi connectivity index (χ2n) is 8.07. The molecule has 0 saturated carbocycles. The molecule has 196 valence electrons. The zero-order valence-electron chi connectivity index (χ0n) is 19.9. The Morgan fingerprint density at radius 3 is 2.66 bits per heavy atom. The fourth-order valence-corrected chi connectivity index (χ4v) is 7.03. The highest BCUT2D eigenvalue weighted by molar-refractivity contribution is 8.00. The van der Waals surface area contributed by atoms with Gasteiger partial charge in [0.2, 0.25) is 5.13 Å². The van der Waals surface area contributed by atoms with Crippen LogP contribution in [0.15, 0.2) is 82.0 Å². The Morgan fingerprint density at radius 2 is 1.92 bits per heavy atom. The van der Waals surface area contributed by atoms with E-state index in [2.05, 4.69) is 15.5 Å². The zero-order chi connectivity index (χ0) is 26.7. The monoisotopic (exact) mass is 588 g/mol. The number of fused-ring (bicyclic) bond motifs is 1. The molecule has 0 fully saturated rings. The predicted molar refractivity (Wildman–Crippen MR) is 148 cm³/mol. The third-order valence-electron chi connectivity index (χ3n) is 5.57. The van der Waals surface area contributed by atoms with E-state index in [-0.39, 0.29) is 22.9 Å². The van der Waals surface area contributed by atoms with Gasteiger partial charge in [0.1, 0.15) is 11.5 Å². The molecule has 0 radical (unpaired) electrons. The summed E-state index contributed by atoms with van der Waals surface area (Å²) < 4.78 is 40.1. The maximum absolute atomic E-state index is 13.6. The average Bonchev–Trinajstić information content (AvgIpc) is 3.39. The van der Waals surface area contributed by atoms with E-state index in [0.717, 1.165) is 9.87 Å². The Bertz CT molecular complexity index is 1550. The number of thioether (sulfide) groups is 1. The number of carbonyl (C=O) groups is 1. The highest BCUT2D eigenvalue weighted by Crippen LogP contribution is 2.39. The number of ether oxygens (including phenoxy) is 2. The molecule has 0 unspecified atom stereocenters. The molecule has 0 saturated heterocycles. The normalized spacial score (nSPS) is 14.9. The molecule has 1 aliphatic rings. The van der Waals surface area contributed by atoms with Gasteiger partial charge in [0.15, 0.2) is 10.4 Å². The number of aromatic nitrogens is 2. The number of carbonyl (C=O) groups excluding carboxylic acids is 1. The van der Waals surface area contributed by atoms with E-state index in [1.54, 1.807) is 18.2 Å². The second-order valence-corrected chi connectivity index (χ2v) is 12.6. The van der Waals surface area contributed by atoms with Gasteiger partial charge in [-0.3, -0.25) is 14.4 Å². The molecule has 2 heterocycles. The lowest BCUT2D eigenvalue weighted by atomic mass is 10.2. The van der Waals surface area contributed by atoms with E-state index >= 15 is 0 Å². The van der Waals surface area contributed by atoms with Crippen LogP contribution in [-0.2, 0) is 20.6 Å². The lowest BCUT2D eigenvalue weighted by Crippen LogP contribution is -2.48. The van der Waals surface area contributed by atoms with Gasteiger partial charge in [0.25, 0.3) is 15.9 Å². The first-order chi connectivity index (χ1) is 18.3. The van der Waals surface area contributed by atoms with Crippen LogP contribution in [0.3, 0.4) is 0 Å². The van der Waals surface area contributed by atoms with Gasteiger partial charge in [0, 0.05) is 10.8 Å². The molecular formula is C25H21ClN4O5S3. The van der Waals surface area contributed by atoms with E-state index in [4.69, 9.17) is 21.1 Å². The van der Waals surface area contributed by atoms with Gasteiger partial charge in [-0.05, 0) is 48.0 Å². The van der Waals surface area contributed by atoms with E-state index in [1.165, 1.54) is 54.5 Å². The van der Waals surface area contributed by atoms with E-state index in [9.17, 15) is 13.2 Å². The molecule has 38 heavy (non-hydrogen) atoms. The lowest BCUT2D eigenvalue weighted by Gasteiger charge is -2.34. The van der Waals surface area contributed by atoms with E-state index in [0.29, 0.717) is 26.0 Å². The van der Waals surface area contributed by atoms with Gasteiger partial charge in [0.05, 0.1) is 24.2 Å². The first-order valence-electron chi connectivity index (χ1n) is 11.3. The van der Waals surface area contributed by atoms with Crippen LogP contribution < -0.4 is 19.1 Å². The summed E-state index contributed by atoms with van der Waals surface area (Å²) in [6.07, 6.45) is -1.14. The van der Waals surface area contributed by atoms with Crippen LogP contribution in [0.2, 0.25) is 5.02 Å². The molecule has 0 spiro atoms. The number of benzene rings is 3. The van der Waals surface area contributed by atoms with E-state index < -0.39 is 22.0 Å². The van der Waals surface area contributed by atoms with Gasteiger partial charge in [-0.15, -0.1) is 10.2 Å². The summed E-state index contributed by atoms with van der Waals surface area (Å²) in [6, 6.07) is 20.5. The minimum absolute atomic E-state index is 0.0366. The van der Waals surface area contributed by atoms with Crippen molar-refractivity contribution < 1.29 is 22.7 Å². The summed E-state index contributed by atoms with van der Waals surface area (Å²) in [4.78, 5) is 13.2. The molecular weight excluding hydrogens is 568 g/mol. The number of rotatable bonds is 8. The summed E-state index contributed by atoms with van der Waals surface area (Å²) >= 11 is 8.90. The van der Waals surface area contributed by atoms with Crippen LogP contribution in [0, 0.1) is 0 Å². The van der Waals surface area contributed by atoms with Crippen molar-refractivity contribution in [1.82, 2.24) is 10.2 Å². The minimum atomic E-state index is -4.06. The molecule has 4 aromatic rings. The Balaban J connectivity index is 1.34. The van der Waals surface area contributed by atoms with Crippen LogP contribution in [0.1, 0.15) is 5.56 Å². The maximum atomic E-state index is 13.6. The van der Waals surface area contributed by atoms with Gasteiger partial charge in [-0.25, -0.2) is 8.42 Å². The van der Waals surface area contributed by atoms with Crippen molar-refractivity contribution in [3.63, 3.8) is 0 Å². The number of anilines is 2. The summed E-state index contributed by atoms with van der Waals surface area (Å²) in [7, 11) is -2.56. The van der Waals surface area contributed by atoms with Crippen molar-refractivity contribution in [2.75, 3.05) is 23.3 Å². The van der Waals surface area contributed by atoms with Crippen LogP contribution in [-0.4, -0.2) is 44.3 Å². The zero-order valence-corrected chi connectivity index (χ0v) is 23.1. The highest BCUT2D eigenvalue weighted by atomic mass is 35.5. The topological polar surface area (TPSA) is 111 Å². The van der Waals surface area contributed by atoms with Crippen molar-refractivity contribution in [2.24, 2.45) is 0 Å². The largest absolute Gasteiger partial charge is 0.497 e. The smallest absolute Gasteiger partial charge is 0.269 e. The van der Waals surface area contributed by atoms with Gasteiger partial charge in [-0.1, -0.05) is 65.0 Å². The van der Waals surface area contributed by atoms with Crippen LogP contribution in [0.5, 0.6) is 11.5 Å². The summed E-state index contributed by atoms with van der Waals surface area (Å²) in [5, 5.41) is 11.5.